The van der Waals surface area contributed by atoms with E-state index in [2.05, 4.69) is 24.5 Å². The summed E-state index contributed by atoms with van der Waals surface area (Å²) in [5, 5.41) is 6.31. The molecule has 1 aromatic rings. The van der Waals surface area contributed by atoms with Crippen molar-refractivity contribution in [3.8, 4) is 0 Å². The molecule has 1 unspecified atom stereocenters. The predicted molar refractivity (Wildman–Crippen MR) is 85.3 cm³/mol. The van der Waals surface area contributed by atoms with Crippen molar-refractivity contribution in [1.82, 2.24) is 5.32 Å². The van der Waals surface area contributed by atoms with Gasteiger partial charge in [-0.1, -0.05) is 26.0 Å². The largest absolute Gasteiger partial charge is 0.378 e. The number of hydrogen-bond donors (Lipinski definition) is 2. The highest BCUT2D eigenvalue weighted by atomic mass is 16.5. The number of carbonyl (C=O) groups is 1. The summed E-state index contributed by atoms with van der Waals surface area (Å²) in [5.41, 5.74) is 2.07. The van der Waals surface area contributed by atoms with Gasteiger partial charge in [0.25, 0.3) is 0 Å². The van der Waals surface area contributed by atoms with Crippen molar-refractivity contribution in [3.63, 3.8) is 0 Å². The van der Waals surface area contributed by atoms with E-state index in [1.165, 1.54) is 5.56 Å². The van der Waals surface area contributed by atoms with Crippen molar-refractivity contribution < 1.29 is 9.53 Å². The van der Waals surface area contributed by atoms with Crippen LogP contribution in [0.15, 0.2) is 24.3 Å². The van der Waals surface area contributed by atoms with Crippen LogP contribution in [-0.2, 0) is 16.1 Å². The van der Waals surface area contributed by atoms with Gasteiger partial charge in [-0.25, -0.2) is 0 Å². The van der Waals surface area contributed by atoms with Gasteiger partial charge in [-0.05, 0) is 37.0 Å². The molecule has 2 rings (SSSR count). The number of nitrogens with one attached hydrogen (secondary N) is 2. The maximum absolute atomic E-state index is 12.0. The molecule has 1 heterocycles. The van der Waals surface area contributed by atoms with Crippen molar-refractivity contribution in [2.75, 3.05) is 11.9 Å². The number of benzene rings is 1. The lowest BCUT2D eigenvalue weighted by Crippen LogP contribution is -2.25. The molecular formula is C17H26N2O2. The molecule has 0 radical (unpaired) electrons. The molecule has 1 aliphatic rings. The topological polar surface area (TPSA) is 50.4 Å². The van der Waals surface area contributed by atoms with Crippen LogP contribution in [0.3, 0.4) is 0 Å². The first kappa shape index (κ1) is 16.0. The maximum Gasteiger partial charge on any atom is 0.226 e. The minimum absolute atomic E-state index is 0.0370. The van der Waals surface area contributed by atoms with Gasteiger partial charge in [0.15, 0.2) is 0 Å². The molecule has 0 saturated carbocycles. The summed E-state index contributed by atoms with van der Waals surface area (Å²) in [6.45, 7) is 5.89. The number of ether oxygens (including phenoxy) is 1. The van der Waals surface area contributed by atoms with Crippen molar-refractivity contribution in [2.24, 2.45) is 0 Å². The second-order valence-corrected chi connectivity index (χ2v) is 5.97. The molecule has 1 saturated heterocycles. The number of amides is 1. The molecule has 1 fully saturated rings. The van der Waals surface area contributed by atoms with Crippen molar-refractivity contribution in [1.29, 1.82) is 0 Å². The van der Waals surface area contributed by atoms with Crippen molar-refractivity contribution in [3.05, 3.63) is 29.8 Å². The molecule has 0 aromatic heterocycles. The second kappa shape index (κ2) is 8.15. The molecule has 116 valence electrons. The number of rotatable bonds is 6. The van der Waals surface area contributed by atoms with E-state index in [0.29, 0.717) is 12.5 Å². The van der Waals surface area contributed by atoms with Gasteiger partial charge in [0.1, 0.15) is 0 Å². The van der Waals surface area contributed by atoms with Gasteiger partial charge in [0.05, 0.1) is 12.5 Å². The van der Waals surface area contributed by atoms with E-state index in [-0.39, 0.29) is 12.0 Å². The summed E-state index contributed by atoms with van der Waals surface area (Å²) >= 11 is 0. The third kappa shape index (κ3) is 5.86. The summed E-state index contributed by atoms with van der Waals surface area (Å²) in [4.78, 5) is 12.0. The third-order valence-corrected chi connectivity index (χ3v) is 3.64. The summed E-state index contributed by atoms with van der Waals surface area (Å²) in [5.74, 6) is 0.0370. The fraction of sp³-hybridized carbons (Fsp3) is 0.588. The Balaban J connectivity index is 1.77. The van der Waals surface area contributed by atoms with Crippen LogP contribution < -0.4 is 10.6 Å². The summed E-state index contributed by atoms with van der Waals surface area (Å²) < 4.78 is 5.59. The Labute approximate surface area is 127 Å². The monoisotopic (exact) mass is 290 g/mol. The minimum Gasteiger partial charge on any atom is -0.378 e. The zero-order valence-electron chi connectivity index (χ0n) is 13.0. The first-order valence-corrected chi connectivity index (χ1v) is 7.87. The van der Waals surface area contributed by atoms with Gasteiger partial charge >= 0.3 is 0 Å². The first-order chi connectivity index (χ1) is 10.1. The molecule has 21 heavy (non-hydrogen) atoms. The van der Waals surface area contributed by atoms with Crippen molar-refractivity contribution in [2.45, 2.75) is 58.2 Å². The Morgan fingerprint density at radius 2 is 2.05 bits per heavy atom. The smallest absolute Gasteiger partial charge is 0.226 e. The fourth-order valence-electron chi connectivity index (χ4n) is 2.42. The van der Waals surface area contributed by atoms with Gasteiger partial charge in [-0.2, -0.15) is 0 Å². The Morgan fingerprint density at radius 3 is 2.67 bits per heavy atom. The fourth-order valence-corrected chi connectivity index (χ4v) is 2.42. The molecule has 1 atom stereocenters. The van der Waals surface area contributed by atoms with Gasteiger partial charge in [0, 0.05) is 24.9 Å². The number of anilines is 1. The second-order valence-electron chi connectivity index (χ2n) is 5.97. The van der Waals surface area contributed by atoms with Crippen LogP contribution in [0.4, 0.5) is 5.69 Å². The summed E-state index contributed by atoms with van der Waals surface area (Å²) in [6.07, 6.45) is 3.82. The van der Waals surface area contributed by atoms with E-state index in [1.807, 2.05) is 24.3 Å². The Kier molecular flexibility index (Phi) is 6.21. The van der Waals surface area contributed by atoms with Crippen LogP contribution in [0.25, 0.3) is 0 Å². The zero-order valence-corrected chi connectivity index (χ0v) is 13.0. The Morgan fingerprint density at radius 1 is 1.29 bits per heavy atom. The Hall–Kier alpha value is -1.39. The predicted octanol–water partition coefficient (Wildman–Crippen LogP) is 3.08. The summed E-state index contributed by atoms with van der Waals surface area (Å²) in [7, 11) is 0. The van der Waals surface area contributed by atoms with E-state index in [4.69, 9.17) is 4.74 Å². The average molecular weight is 290 g/mol. The molecule has 0 spiro atoms. The highest BCUT2D eigenvalue weighted by Gasteiger charge is 2.17. The van der Waals surface area contributed by atoms with E-state index in [0.717, 1.165) is 38.1 Å². The van der Waals surface area contributed by atoms with Gasteiger partial charge in [0.2, 0.25) is 5.91 Å². The van der Waals surface area contributed by atoms with Crippen LogP contribution in [0.5, 0.6) is 0 Å². The maximum atomic E-state index is 12.0. The van der Waals surface area contributed by atoms with Crippen LogP contribution >= 0.6 is 0 Å². The average Bonchev–Trinajstić information content (AvgIpc) is 2.47. The molecular weight excluding hydrogens is 264 g/mol. The summed E-state index contributed by atoms with van der Waals surface area (Å²) in [6, 6.07) is 8.47. The van der Waals surface area contributed by atoms with E-state index in [9.17, 15) is 4.79 Å². The molecule has 0 aliphatic carbocycles. The van der Waals surface area contributed by atoms with Crippen LogP contribution in [0.2, 0.25) is 0 Å². The molecule has 1 aromatic carbocycles. The van der Waals surface area contributed by atoms with Crippen LogP contribution in [-0.4, -0.2) is 24.7 Å². The van der Waals surface area contributed by atoms with Gasteiger partial charge in [-0.3, -0.25) is 4.79 Å². The Bertz CT molecular complexity index is 437. The third-order valence-electron chi connectivity index (χ3n) is 3.64. The number of hydrogen-bond acceptors (Lipinski definition) is 3. The van der Waals surface area contributed by atoms with Crippen LogP contribution in [0.1, 0.15) is 45.1 Å². The standard InChI is InChI=1S/C17H26N2O2/c1-13(2)18-12-14-6-8-15(9-7-14)19-17(20)11-16-5-3-4-10-21-16/h6-9,13,16,18H,3-5,10-12H2,1-2H3,(H,19,20). The van der Waals surface area contributed by atoms with Gasteiger partial charge < -0.3 is 15.4 Å². The molecule has 1 aliphatic heterocycles. The quantitative estimate of drug-likeness (QED) is 0.846. The number of carbonyl (C=O) groups excluding carboxylic acids is 1. The SMILES string of the molecule is CC(C)NCc1ccc(NC(=O)CC2CCCCO2)cc1. The normalized spacial score (nSPS) is 18.7. The lowest BCUT2D eigenvalue weighted by molar-refractivity contribution is -0.119. The first-order valence-electron chi connectivity index (χ1n) is 7.87. The molecule has 1 amide bonds. The van der Waals surface area contributed by atoms with E-state index >= 15 is 0 Å². The van der Waals surface area contributed by atoms with E-state index < -0.39 is 0 Å². The molecule has 4 nitrogen and oxygen atoms in total. The highest BCUT2D eigenvalue weighted by molar-refractivity contribution is 5.91. The van der Waals surface area contributed by atoms with Crippen LogP contribution in [0, 0.1) is 0 Å². The minimum atomic E-state index is 0.0370. The highest BCUT2D eigenvalue weighted by Crippen LogP contribution is 2.17. The van der Waals surface area contributed by atoms with Crippen molar-refractivity contribution >= 4 is 11.6 Å². The molecule has 2 N–H and O–H groups in total. The zero-order chi connectivity index (χ0) is 15.1. The van der Waals surface area contributed by atoms with Gasteiger partial charge in [-0.15, -0.1) is 0 Å². The van der Waals surface area contributed by atoms with E-state index in [1.54, 1.807) is 0 Å². The molecule has 0 bridgehead atoms. The lowest BCUT2D eigenvalue weighted by atomic mass is 10.1. The lowest BCUT2D eigenvalue weighted by Gasteiger charge is -2.21. The molecule has 4 heteroatoms.